The van der Waals surface area contributed by atoms with Crippen molar-refractivity contribution in [2.45, 2.75) is 12.5 Å². The monoisotopic (exact) mass is 158 g/mol. The molecule has 4 N–H and O–H groups in total. The molecule has 0 bridgehead atoms. The maximum absolute atomic E-state index is 10.8. The lowest BCUT2D eigenvalue weighted by Crippen LogP contribution is -2.27. The Labute approximate surface area is 63.6 Å². The van der Waals surface area contributed by atoms with Crippen molar-refractivity contribution in [1.82, 2.24) is 5.32 Å². The second kappa shape index (κ2) is 2.87. The molecule has 0 aromatic heterocycles. The van der Waals surface area contributed by atoms with E-state index in [9.17, 15) is 9.59 Å². The van der Waals surface area contributed by atoms with Crippen molar-refractivity contribution in [2.75, 3.05) is 6.54 Å². The van der Waals surface area contributed by atoms with Crippen LogP contribution >= 0.6 is 0 Å². The summed E-state index contributed by atoms with van der Waals surface area (Å²) < 4.78 is 0. The SMILES string of the molecule is NC(=O)C[C@@H]1C(=O)NC[C@@H]1O. The zero-order chi connectivity index (χ0) is 8.43. The van der Waals surface area contributed by atoms with Crippen LogP contribution in [0.4, 0.5) is 0 Å². The molecule has 0 unspecified atom stereocenters. The summed E-state index contributed by atoms with van der Waals surface area (Å²) >= 11 is 0. The number of β-amino-alcohol motifs (C(OH)–C–C–N with tert-alkyl or cyclic N) is 1. The topological polar surface area (TPSA) is 92.4 Å². The Bertz CT molecular complexity index is 192. The standard InChI is InChI=1S/C6H10N2O3/c7-5(10)1-3-4(9)2-8-6(3)11/h3-4,9H,1-2H2,(H2,7,10)(H,8,11)/t3-,4-/m0/s1. The minimum atomic E-state index is -0.769. The molecule has 1 saturated heterocycles. The van der Waals surface area contributed by atoms with Gasteiger partial charge in [0.1, 0.15) is 0 Å². The molecule has 0 spiro atoms. The van der Waals surface area contributed by atoms with Crippen LogP contribution in [0.3, 0.4) is 0 Å². The Hall–Kier alpha value is -1.10. The summed E-state index contributed by atoms with van der Waals surface area (Å²) in [7, 11) is 0. The summed E-state index contributed by atoms with van der Waals surface area (Å²) in [6.45, 7) is 0.219. The Morgan fingerprint density at radius 1 is 1.82 bits per heavy atom. The molecule has 5 heteroatoms. The van der Waals surface area contributed by atoms with Gasteiger partial charge in [-0.05, 0) is 0 Å². The molecule has 1 heterocycles. The summed E-state index contributed by atoms with van der Waals surface area (Å²) in [5.74, 6) is -1.50. The number of rotatable bonds is 2. The molecule has 0 aliphatic carbocycles. The van der Waals surface area contributed by atoms with Gasteiger partial charge in [-0.25, -0.2) is 0 Å². The van der Waals surface area contributed by atoms with E-state index < -0.39 is 17.9 Å². The van der Waals surface area contributed by atoms with Gasteiger partial charge in [-0.1, -0.05) is 0 Å². The van der Waals surface area contributed by atoms with Crippen LogP contribution in [0, 0.1) is 5.92 Å². The van der Waals surface area contributed by atoms with E-state index in [-0.39, 0.29) is 18.9 Å². The van der Waals surface area contributed by atoms with Crippen LogP contribution in [0.15, 0.2) is 0 Å². The summed E-state index contributed by atoms with van der Waals surface area (Å²) in [6.07, 6.45) is -0.845. The van der Waals surface area contributed by atoms with Gasteiger partial charge < -0.3 is 16.2 Å². The van der Waals surface area contributed by atoms with Crippen molar-refractivity contribution in [3.8, 4) is 0 Å². The number of amides is 2. The first kappa shape index (κ1) is 8.00. The molecule has 0 aromatic rings. The third-order valence-corrected chi connectivity index (χ3v) is 1.71. The first-order chi connectivity index (χ1) is 5.11. The first-order valence-corrected chi connectivity index (χ1v) is 3.35. The number of aliphatic hydroxyl groups excluding tert-OH is 1. The highest BCUT2D eigenvalue weighted by atomic mass is 16.3. The molecular weight excluding hydrogens is 148 g/mol. The molecule has 62 valence electrons. The van der Waals surface area contributed by atoms with Crippen LogP contribution in [0.25, 0.3) is 0 Å². The predicted molar refractivity (Wildman–Crippen MR) is 36.3 cm³/mol. The highest BCUT2D eigenvalue weighted by Crippen LogP contribution is 2.13. The van der Waals surface area contributed by atoms with Crippen LogP contribution in [-0.2, 0) is 9.59 Å². The Balaban J connectivity index is 2.54. The highest BCUT2D eigenvalue weighted by Gasteiger charge is 2.33. The second-order valence-corrected chi connectivity index (χ2v) is 2.59. The van der Waals surface area contributed by atoms with Gasteiger partial charge in [-0.2, -0.15) is 0 Å². The van der Waals surface area contributed by atoms with E-state index in [1.54, 1.807) is 0 Å². The molecule has 1 aliphatic heterocycles. The summed E-state index contributed by atoms with van der Waals surface area (Å²) in [6, 6.07) is 0. The third-order valence-electron chi connectivity index (χ3n) is 1.71. The molecule has 5 nitrogen and oxygen atoms in total. The molecule has 1 fully saturated rings. The van der Waals surface area contributed by atoms with Gasteiger partial charge in [0.25, 0.3) is 0 Å². The normalized spacial score (nSPS) is 30.1. The van der Waals surface area contributed by atoms with Crippen LogP contribution in [0.2, 0.25) is 0 Å². The summed E-state index contributed by atoms with van der Waals surface area (Å²) in [5, 5.41) is 11.5. The van der Waals surface area contributed by atoms with Crippen LogP contribution in [0.5, 0.6) is 0 Å². The maximum atomic E-state index is 10.8. The van der Waals surface area contributed by atoms with Crippen LogP contribution < -0.4 is 11.1 Å². The number of nitrogens with one attached hydrogen (secondary N) is 1. The quantitative estimate of drug-likeness (QED) is 0.432. The van der Waals surface area contributed by atoms with Crippen molar-refractivity contribution < 1.29 is 14.7 Å². The fourth-order valence-electron chi connectivity index (χ4n) is 1.10. The molecule has 0 aromatic carbocycles. The van der Waals surface area contributed by atoms with E-state index in [0.29, 0.717) is 0 Å². The van der Waals surface area contributed by atoms with Gasteiger partial charge in [-0.15, -0.1) is 0 Å². The summed E-state index contributed by atoms with van der Waals surface area (Å²) in [4.78, 5) is 21.2. The summed E-state index contributed by atoms with van der Waals surface area (Å²) in [5.41, 5.74) is 4.87. The number of nitrogens with two attached hydrogens (primary N) is 1. The average molecular weight is 158 g/mol. The van der Waals surface area contributed by atoms with Crippen molar-refractivity contribution in [3.05, 3.63) is 0 Å². The minimum Gasteiger partial charge on any atom is -0.390 e. The lowest BCUT2D eigenvalue weighted by atomic mass is 10.0. The zero-order valence-electron chi connectivity index (χ0n) is 5.91. The molecule has 2 amide bonds. The van der Waals surface area contributed by atoms with Crippen LogP contribution in [-0.4, -0.2) is 29.6 Å². The largest absolute Gasteiger partial charge is 0.390 e. The Morgan fingerprint density at radius 3 is 2.82 bits per heavy atom. The van der Waals surface area contributed by atoms with Crippen molar-refractivity contribution >= 4 is 11.8 Å². The molecule has 1 aliphatic rings. The minimum absolute atomic E-state index is 0.0764. The van der Waals surface area contributed by atoms with E-state index >= 15 is 0 Å². The molecule has 0 radical (unpaired) electrons. The Kier molecular flexibility index (Phi) is 2.09. The zero-order valence-corrected chi connectivity index (χ0v) is 5.91. The second-order valence-electron chi connectivity index (χ2n) is 2.59. The molecule has 2 atom stereocenters. The molecule has 1 rings (SSSR count). The van der Waals surface area contributed by atoms with E-state index in [1.165, 1.54) is 0 Å². The van der Waals surface area contributed by atoms with Gasteiger partial charge in [-0.3, -0.25) is 9.59 Å². The Morgan fingerprint density at radius 2 is 2.45 bits per heavy atom. The number of hydrogen-bond acceptors (Lipinski definition) is 3. The van der Waals surface area contributed by atoms with Gasteiger partial charge in [0, 0.05) is 13.0 Å². The van der Waals surface area contributed by atoms with Gasteiger partial charge in [0.05, 0.1) is 12.0 Å². The maximum Gasteiger partial charge on any atom is 0.226 e. The number of primary amides is 1. The first-order valence-electron chi connectivity index (χ1n) is 3.35. The van der Waals surface area contributed by atoms with Crippen molar-refractivity contribution in [2.24, 2.45) is 11.7 Å². The van der Waals surface area contributed by atoms with Gasteiger partial charge >= 0.3 is 0 Å². The fourth-order valence-corrected chi connectivity index (χ4v) is 1.10. The third kappa shape index (κ3) is 1.68. The predicted octanol–water partition coefficient (Wildman–Crippen LogP) is -2.03. The molecular formula is C6H10N2O3. The number of carbonyl (C=O) groups excluding carboxylic acids is 2. The van der Waals surface area contributed by atoms with Gasteiger partial charge in [0.15, 0.2) is 0 Å². The van der Waals surface area contributed by atoms with E-state index in [4.69, 9.17) is 10.8 Å². The lowest BCUT2D eigenvalue weighted by Gasteiger charge is -2.07. The number of aliphatic hydroxyl groups is 1. The van der Waals surface area contributed by atoms with E-state index in [2.05, 4.69) is 5.32 Å². The number of hydrogen-bond donors (Lipinski definition) is 3. The lowest BCUT2D eigenvalue weighted by molar-refractivity contribution is -0.128. The fraction of sp³-hybridized carbons (Fsp3) is 0.667. The van der Waals surface area contributed by atoms with E-state index in [0.717, 1.165) is 0 Å². The smallest absolute Gasteiger partial charge is 0.226 e. The van der Waals surface area contributed by atoms with Crippen LogP contribution in [0.1, 0.15) is 6.42 Å². The number of carbonyl (C=O) groups is 2. The average Bonchev–Trinajstić information content (AvgIpc) is 2.18. The highest BCUT2D eigenvalue weighted by molar-refractivity contribution is 5.87. The van der Waals surface area contributed by atoms with Gasteiger partial charge in [0.2, 0.25) is 11.8 Å². The van der Waals surface area contributed by atoms with Crippen molar-refractivity contribution in [1.29, 1.82) is 0 Å². The molecule has 11 heavy (non-hydrogen) atoms. The van der Waals surface area contributed by atoms with E-state index in [1.807, 2.05) is 0 Å². The molecule has 0 saturated carbocycles. The van der Waals surface area contributed by atoms with Crippen molar-refractivity contribution in [3.63, 3.8) is 0 Å².